The van der Waals surface area contributed by atoms with E-state index >= 15 is 0 Å². The maximum Gasteiger partial charge on any atom is 0.416 e. The first-order valence-electron chi connectivity index (χ1n) is 7.31. The summed E-state index contributed by atoms with van der Waals surface area (Å²) in [5, 5.41) is 16.6. The van der Waals surface area contributed by atoms with Gasteiger partial charge in [0.1, 0.15) is 16.7 Å². The Bertz CT molecular complexity index is 824. The van der Waals surface area contributed by atoms with Crippen molar-refractivity contribution in [1.29, 1.82) is 5.26 Å². The first kappa shape index (κ1) is 18.9. The first-order valence-corrected chi connectivity index (χ1v) is 8.53. The maximum absolute atomic E-state index is 12.9. The van der Waals surface area contributed by atoms with Crippen molar-refractivity contribution in [2.75, 3.05) is 11.6 Å². The number of carbonyl (C=O) groups excluding carboxylic acids is 1. The molecule has 9 heteroatoms. The van der Waals surface area contributed by atoms with E-state index in [1.807, 2.05) is 6.07 Å². The molecule has 0 saturated heterocycles. The van der Waals surface area contributed by atoms with Crippen LogP contribution in [0.5, 0.6) is 0 Å². The Morgan fingerprint density at radius 1 is 1.44 bits per heavy atom. The topological polar surface area (TPSA) is 70.7 Å². The Hall–Kier alpha value is -2.47. The van der Waals surface area contributed by atoms with Gasteiger partial charge in [-0.3, -0.25) is 4.79 Å². The minimum absolute atomic E-state index is 0.00150. The predicted octanol–water partition coefficient (Wildman–Crippen LogP) is 3.89. The number of aromatic nitrogens is 2. The molecule has 0 fully saturated rings. The number of carbonyl (C=O) groups is 1. The van der Waals surface area contributed by atoms with Crippen molar-refractivity contribution in [3.05, 3.63) is 41.0 Å². The molecule has 0 saturated carbocycles. The van der Waals surface area contributed by atoms with Crippen molar-refractivity contribution < 1.29 is 18.0 Å². The van der Waals surface area contributed by atoms with Crippen LogP contribution in [-0.4, -0.2) is 21.9 Å². The zero-order valence-corrected chi connectivity index (χ0v) is 14.3. The van der Waals surface area contributed by atoms with Gasteiger partial charge in [0.15, 0.2) is 5.82 Å². The van der Waals surface area contributed by atoms with E-state index in [-0.39, 0.29) is 30.3 Å². The molecule has 1 heterocycles. The standard InChI is InChI=1S/C16H15F3N4OS/c1-3-13(24)21-14-12(8-20)15(25-2)22-23(14)9-10-5-4-6-11(7-10)16(17,18)19/h4-7H,3,9H2,1-2H3,(H,21,24). The summed E-state index contributed by atoms with van der Waals surface area (Å²) in [5.41, 5.74) is -0.204. The molecule has 2 aromatic rings. The zero-order valence-electron chi connectivity index (χ0n) is 13.5. The van der Waals surface area contributed by atoms with Gasteiger partial charge in [-0.2, -0.15) is 23.5 Å². The molecule has 5 nitrogen and oxygen atoms in total. The monoisotopic (exact) mass is 368 g/mol. The van der Waals surface area contributed by atoms with E-state index < -0.39 is 11.7 Å². The SMILES string of the molecule is CCC(=O)Nc1c(C#N)c(SC)nn1Cc1cccc(C(F)(F)F)c1. The predicted molar refractivity (Wildman–Crippen MR) is 88.2 cm³/mol. The van der Waals surface area contributed by atoms with Gasteiger partial charge in [-0.15, -0.1) is 11.8 Å². The molecular weight excluding hydrogens is 353 g/mol. The number of hydrogen-bond donors (Lipinski definition) is 1. The van der Waals surface area contributed by atoms with E-state index in [1.54, 1.807) is 13.2 Å². The molecule has 0 radical (unpaired) electrons. The lowest BCUT2D eigenvalue weighted by Gasteiger charge is -2.11. The quantitative estimate of drug-likeness (QED) is 0.813. The summed E-state index contributed by atoms with van der Waals surface area (Å²) in [6, 6.07) is 6.85. The van der Waals surface area contributed by atoms with Crippen molar-refractivity contribution in [3.8, 4) is 6.07 Å². The van der Waals surface area contributed by atoms with E-state index in [1.165, 1.54) is 28.6 Å². The fraction of sp³-hybridized carbons (Fsp3) is 0.312. The lowest BCUT2D eigenvalue weighted by molar-refractivity contribution is -0.137. The smallest absolute Gasteiger partial charge is 0.310 e. The minimum Gasteiger partial charge on any atom is -0.310 e. The van der Waals surface area contributed by atoms with Gasteiger partial charge >= 0.3 is 6.18 Å². The average molecular weight is 368 g/mol. The van der Waals surface area contributed by atoms with Crippen molar-refractivity contribution in [1.82, 2.24) is 9.78 Å². The minimum atomic E-state index is -4.44. The summed E-state index contributed by atoms with van der Waals surface area (Å²) in [6.07, 6.45) is -2.51. The molecule has 132 valence electrons. The third-order valence-electron chi connectivity index (χ3n) is 3.39. The van der Waals surface area contributed by atoms with Gasteiger partial charge in [0.2, 0.25) is 5.91 Å². The van der Waals surface area contributed by atoms with Crippen LogP contribution in [0.25, 0.3) is 0 Å². The van der Waals surface area contributed by atoms with Crippen LogP contribution >= 0.6 is 11.8 Å². The van der Waals surface area contributed by atoms with E-state index in [0.717, 1.165) is 12.1 Å². The summed E-state index contributed by atoms with van der Waals surface area (Å²) in [7, 11) is 0. The number of nitriles is 1. The Morgan fingerprint density at radius 2 is 2.16 bits per heavy atom. The van der Waals surface area contributed by atoms with Crippen LogP contribution < -0.4 is 5.32 Å². The molecule has 2 rings (SSSR count). The molecule has 0 atom stereocenters. The van der Waals surface area contributed by atoms with Crippen LogP contribution in [0.3, 0.4) is 0 Å². The van der Waals surface area contributed by atoms with Crippen molar-refractivity contribution in [3.63, 3.8) is 0 Å². The van der Waals surface area contributed by atoms with Crippen LogP contribution in [0.4, 0.5) is 19.0 Å². The highest BCUT2D eigenvalue weighted by Gasteiger charge is 2.30. The van der Waals surface area contributed by atoms with E-state index in [9.17, 15) is 23.2 Å². The molecule has 25 heavy (non-hydrogen) atoms. The normalized spacial score (nSPS) is 11.2. The van der Waals surface area contributed by atoms with Gasteiger partial charge in [0, 0.05) is 6.42 Å². The van der Waals surface area contributed by atoms with E-state index in [0.29, 0.717) is 10.6 Å². The van der Waals surface area contributed by atoms with Gasteiger partial charge in [0.25, 0.3) is 0 Å². The second-order valence-corrected chi connectivity index (χ2v) is 5.90. The zero-order chi connectivity index (χ0) is 18.6. The maximum atomic E-state index is 12.9. The number of anilines is 1. The number of benzene rings is 1. The summed E-state index contributed by atoms with van der Waals surface area (Å²) in [5.74, 6) is -0.120. The largest absolute Gasteiger partial charge is 0.416 e. The summed E-state index contributed by atoms with van der Waals surface area (Å²) >= 11 is 1.22. The number of rotatable bonds is 5. The highest BCUT2D eigenvalue weighted by molar-refractivity contribution is 7.98. The second-order valence-electron chi connectivity index (χ2n) is 5.10. The Morgan fingerprint density at radius 3 is 2.72 bits per heavy atom. The molecule has 0 aliphatic carbocycles. The average Bonchev–Trinajstić information content (AvgIpc) is 2.90. The van der Waals surface area contributed by atoms with E-state index in [2.05, 4.69) is 10.4 Å². The van der Waals surface area contributed by atoms with Crippen LogP contribution in [0.2, 0.25) is 0 Å². The molecular formula is C16H15F3N4OS. The lowest BCUT2D eigenvalue weighted by atomic mass is 10.1. The highest BCUT2D eigenvalue weighted by atomic mass is 32.2. The number of nitrogens with zero attached hydrogens (tertiary/aromatic N) is 3. The van der Waals surface area contributed by atoms with Gasteiger partial charge in [-0.1, -0.05) is 19.1 Å². The van der Waals surface area contributed by atoms with Gasteiger partial charge < -0.3 is 5.32 Å². The Kier molecular flexibility index (Phi) is 5.74. The number of nitrogens with one attached hydrogen (secondary N) is 1. The molecule has 1 aromatic heterocycles. The van der Waals surface area contributed by atoms with Gasteiger partial charge in [-0.05, 0) is 24.0 Å². The van der Waals surface area contributed by atoms with Crippen LogP contribution in [0, 0.1) is 11.3 Å². The molecule has 0 unspecified atom stereocenters. The number of thioether (sulfide) groups is 1. The van der Waals surface area contributed by atoms with Crippen molar-refractivity contribution in [2.24, 2.45) is 0 Å². The summed E-state index contributed by atoms with van der Waals surface area (Å²) in [4.78, 5) is 11.7. The molecule has 0 aliphatic rings. The number of amides is 1. The van der Waals surface area contributed by atoms with Crippen LogP contribution in [-0.2, 0) is 17.5 Å². The summed E-state index contributed by atoms with van der Waals surface area (Å²) in [6.45, 7) is 1.66. The second kappa shape index (κ2) is 7.61. The Balaban J connectivity index is 2.44. The highest BCUT2D eigenvalue weighted by Crippen LogP contribution is 2.31. The van der Waals surface area contributed by atoms with Crippen LogP contribution in [0.1, 0.15) is 30.0 Å². The van der Waals surface area contributed by atoms with Crippen molar-refractivity contribution >= 4 is 23.5 Å². The molecule has 0 aliphatic heterocycles. The fourth-order valence-corrected chi connectivity index (χ4v) is 2.69. The molecule has 1 amide bonds. The van der Waals surface area contributed by atoms with E-state index in [4.69, 9.17) is 0 Å². The third-order valence-corrected chi connectivity index (χ3v) is 4.06. The van der Waals surface area contributed by atoms with Gasteiger partial charge in [0.05, 0.1) is 12.1 Å². The fourth-order valence-electron chi connectivity index (χ4n) is 2.16. The number of halogens is 3. The molecule has 1 aromatic carbocycles. The van der Waals surface area contributed by atoms with Crippen molar-refractivity contribution in [2.45, 2.75) is 31.1 Å². The molecule has 0 spiro atoms. The first-order chi connectivity index (χ1) is 11.8. The molecule has 1 N–H and O–H groups in total. The Labute approximate surface area is 146 Å². The van der Waals surface area contributed by atoms with Gasteiger partial charge in [-0.25, -0.2) is 4.68 Å². The number of alkyl halides is 3. The third kappa shape index (κ3) is 4.33. The lowest BCUT2D eigenvalue weighted by Crippen LogP contribution is -2.16. The summed E-state index contributed by atoms with van der Waals surface area (Å²) < 4.78 is 39.9. The van der Waals surface area contributed by atoms with Crippen LogP contribution in [0.15, 0.2) is 29.3 Å². The molecule has 0 bridgehead atoms. The number of hydrogen-bond acceptors (Lipinski definition) is 4.